The molecular weight excluding hydrogens is 316 g/mol. The average Bonchev–Trinajstić information content (AvgIpc) is 2.57. The summed E-state index contributed by atoms with van der Waals surface area (Å²) in [4.78, 5) is 25.2. The van der Waals surface area contributed by atoms with Gasteiger partial charge >= 0.3 is 0 Å². The van der Waals surface area contributed by atoms with Crippen LogP contribution in [0.5, 0.6) is 5.95 Å². The molecule has 1 heterocycles. The lowest BCUT2D eigenvalue weighted by Gasteiger charge is -2.35. The molecule has 4 heteroatoms. The van der Waals surface area contributed by atoms with Crippen molar-refractivity contribution < 1.29 is 13.9 Å². The van der Waals surface area contributed by atoms with Gasteiger partial charge in [0, 0.05) is 11.1 Å². The molecule has 0 aromatic carbocycles. The van der Waals surface area contributed by atoms with Crippen LogP contribution in [0.3, 0.4) is 0 Å². The molecule has 25 heavy (non-hydrogen) atoms. The SMILES string of the molecule is CC=C(C)C1=C(C)C(=O)C(C)=CC1(C)c1oc(OC)c(C)c(=O)c1C. The van der Waals surface area contributed by atoms with E-state index in [9.17, 15) is 9.59 Å². The summed E-state index contributed by atoms with van der Waals surface area (Å²) < 4.78 is 11.3. The van der Waals surface area contributed by atoms with E-state index >= 15 is 0 Å². The molecule has 0 fully saturated rings. The van der Waals surface area contributed by atoms with Crippen molar-refractivity contribution in [2.24, 2.45) is 0 Å². The van der Waals surface area contributed by atoms with Gasteiger partial charge in [-0.15, -0.1) is 0 Å². The highest BCUT2D eigenvalue weighted by Crippen LogP contribution is 2.45. The van der Waals surface area contributed by atoms with Crippen LogP contribution in [0.25, 0.3) is 0 Å². The van der Waals surface area contributed by atoms with E-state index in [1.165, 1.54) is 7.11 Å². The highest BCUT2D eigenvalue weighted by atomic mass is 16.6. The highest BCUT2D eigenvalue weighted by Gasteiger charge is 2.41. The number of Topliss-reactive ketones (excluding diaryl/α,β-unsaturated/α-hetero) is 1. The van der Waals surface area contributed by atoms with Crippen LogP contribution in [0, 0.1) is 13.8 Å². The van der Waals surface area contributed by atoms with Crippen molar-refractivity contribution in [2.45, 2.75) is 53.9 Å². The van der Waals surface area contributed by atoms with E-state index in [4.69, 9.17) is 9.15 Å². The zero-order chi connectivity index (χ0) is 19.1. The predicted molar refractivity (Wildman–Crippen MR) is 99.3 cm³/mol. The first-order valence-corrected chi connectivity index (χ1v) is 8.37. The third-order valence-electron chi connectivity index (χ3n) is 5.11. The third-order valence-corrected chi connectivity index (χ3v) is 5.11. The van der Waals surface area contributed by atoms with E-state index in [0.717, 1.165) is 11.1 Å². The number of carbonyl (C=O) groups is 1. The van der Waals surface area contributed by atoms with Crippen LogP contribution < -0.4 is 10.2 Å². The minimum atomic E-state index is -0.719. The largest absolute Gasteiger partial charge is 0.468 e. The molecule has 1 aliphatic rings. The second-order valence-electron chi connectivity index (χ2n) is 6.83. The first-order chi connectivity index (χ1) is 11.6. The van der Waals surface area contributed by atoms with Crippen LogP contribution in [0.2, 0.25) is 0 Å². The molecule has 0 radical (unpaired) electrons. The Labute approximate surface area is 148 Å². The molecule has 0 saturated carbocycles. The second-order valence-corrected chi connectivity index (χ2v) is 6.83. The van der Waals surface area contributed by atoms with Gasteiger partial charge in [-0.1, -0.05) is 17.7 Å². The standard InChI is InChI=1S/C21H26O4/c1-9-11(2)16-13(4)17(22)12(3)10-21(16,7)19-14(5)18(23)15(6)20(24-8)25-19/h9-10H,1-8H3. The Balaban J connectivity index is 2.94. The number of methoxy groups -OCH3 is 1. The summed E-state index contributed by atoms with van der Waals surface area (Å²) in [6.07, 6.45) is 3.86. The lowest BCUT2D eigenvalue weighted by molar-refractivity contribution is -0.112. The maximum Gasteiger partial charge on any atom is 0.291 e. The molecule has 2 rings (SSSR count). The smallest absolute Gasteiger partial charge is 0.291 e. The quantitative estimate of drug-likeness (QED) is 0.820. The van der Waals surface area contributed by atoms with Crippen molar-refractivity contribution in [3.05, 3.63) is 61.6 Å². The van der Waals surface area contributed by atoms with Gasteiger partial charge in [0.1, 0.15) is 5.76 Å². The Morgan fingerprint density at radius 1 is 1.16 bits per heavy atom. The summed E-state index contributed by atoms with van der Waals surface area (Å²) in [7, 11) is 1.48. The average molecular weight is 342 g/mol. The molecule has 0 N–H and O–H groups in total. The van der Waals surface area contributed by atoms with Gasteiger partial charge < -0.3 is 9.15 Å². The van der Waals surface area contributed by atoms with E-state index in [1.54, 1.807) is 20.8 Å². The van der Waals surface area contributed by atoms with Crippen molar-refractivity contribution in [2.75, 3.05) is 7.11 Å². The van der Waals surface area contributed by atoms with E-state index in [0.29, 0.717) is 28.0 Å². The first-order valence-electron chi connectivity index (χ1n) is 8.37. The van der Waals surface area contributed by atoms with Crippen molar-refractivity contribution in [1.29, 1.82) is 0 Å². The fourth-order valence-corrected chi connectivity index (χ4v) is 3.81. The summed E-state index contributed by atoms with van der Waals surface area (Å²) in [6.45, 7) is 13.0. The highest BCUT2D eigenvalue weighted by molar-refractivity contribution is 6.10. The minimum Gasteiger partial charge on any atom is -0.468 e. The van der Waals surface area contributed by atoms with Crippen LogP contribution in [-0.4, -0.2) is 12.9 Å². The van der Waals surface area contributed by atoms with Gasteiger partial charge in [-0.2, -0.15) is 0 Å². The zero-order valence-electron chi connectivity index (χ0n) is 16.3. The number of allylic oxidation sites excluding steroid dienone is 6. The van der Waals surface area contributed by atoms with Crippen LogP contribution >= 0.6 is 0 Å². The number of ketones is 1. The molecule has 0 spiro atoms. The lowest BCUT2D eigenvalue weighted by Crippen LogP contribution is -2.33. The third kappa shape index (κ3) is 2.80. The van der Waals surface area contributed by atoms with Crippen molar-refractivity contribution in [3.8, 4) is 5.95 Å². The van der Waals surface area contributed by atoms with Gasteiger partial charge in [-0.05, 0) is 59.6 Å². The van der Waals surface area contributed by atoms with Gasteiger partial charge in [0.15, 0.2) is 11.2 Å². The van der Waals surface area contributed by atoms with Gasteiger partial charge in [0.05, 0.1) is 18.1 Å². The Morgan fingerprint density at radius 2 is 1.76 bits per heavy atom. The molecule has 1 atom stereocenters. The number of carbonyl (C=O) groups excluding carboxylic acids is 1. The van der Waals surface area contributed by atoms with Gasteiger partial charge in [-0.3, -0.25) is 9.59 Å². The number of rotatable bonds is 3. The molecular formula is C21H26O4. The van der Waals surface area contributed by atoms with Gasteiger partial charge in [0.25, 0.3) is 5.95 Å². The number of hydrogen-bond acceptors (Lipinski definition) is 4. The number of ether oxygens (including phenoxy) is 1. The van der Waals surface area contributed by atoms with E-state index in [2.05, 4.69) is 0 Å². The molecule has 0 amide bonds. The molecule has 0 bridgehead atoms. The summed E-state index contributed by atoms with van der Waals surface area (Å²) in [5, 5.41) is 0. The van der Waals surface area contributed by atoms with Crippen molar-refractivity contribution >= 4 is 5.78 Å². The summed E-state index contributed by atoms with van der Waals surface area (Å²) in [5.41, 5.74) is 3.36. The van der Waals surface area contributed by atoms with E-state index < -0.39 is 5.41 Å². The summed E-state index contributed by atoms with van der Waals surface area (Å²) in [6, 6.07) is 0. The van der Waals surface area contributed by atoms with Gasteiger partial charge in [0.2, 0.25) is 0 Å². The second kappa shape index (κ2) is 6.51. The monoisotopic (exact) mass is 342 g/mol. The molecule has 1 unspecified atom stereocenters. The predicted octanol–water partition coefficient (Wildman–Crippen LogP) is 4.33. The molecule has 1 aromatic heterocycles. The van der Waals surface area contributed by atoms with Crippen molar-refractivity contribution in [3.63, 3.8) is 0 Å². The Morgan fingerprint density at radius 3 is 2.28 bits per heavy atom. The minimum absolute atomic E-state index is 0.0211. The molecule has 0 aliphatic heterocycles. The molecule has 1 aromatic rings. The first kappa shape index (κ1) is 19.0. The molecule has 0 saturated heterocycles. The maximum absolute atomic E-state index is 12.7. The van der Waals surface area contributed by atoms with Crippen LogP contribution in [0.15, 0.2) is 43.7 Å². The Hall–Kier alpha value is -2.36. The summed E-state index contributed by atoms with van der Waals surface area (Å²) >= 11 is 0. The van der Waals surface area contributed by atoms with Gasteiger partial charge in [-0.25, -0.2) is 0 Å². The van der Waals surface area contributed by atoms with Crippen LogP contribution in [0.4, 0.5) is 0 Å². The lowest BCUT2D eigenvalue weighted by atomic mass is 9.68. The number of hydrogen-bond donors (Lipinski definition) is 0. The van der Waals surface area contributed by atoms with E-state index in [-0.39, 0.29) is 17.2 Å². The fourth-order valence-electron chi connectivity index (χ4n) is 3.81. The zero-order valence-corrected chi connectivity index (χ0v) is 16.3. The van der Waals surface area contributed by atoms with Crippen LogP contribution in [0.1, 0.15) is 51.5 Å². The summed E-state index contributed by atoms with van der Waals surface area (Å²) in [5.74, 6) is 0.750. The van der Waals surface area contributed by atoms with Crippen molar-refractivity contribution in [1.82, 2.24) is 0 Å². The Bertz CT molecular complexity index is 893. The van der Waals surface area contributed by atoms with E-state index in [1.807, 2.05) is 39.8 Å². The normalized spacial score (nSPS) is 21.5. The Kier molecular flexibility index (Phi) is 4.94. The van der Waals surface area contributed by atoms with Crippen LogP contribution in [-0.2, 0) is 10.2 Å². The topological polar surface area (TPSA) is 56.5 Å². The molecule has 1 aliphatic carbocycles. The molecule has 134 valence electrons. The molecule has 4 nitrogen and oxygen atoms in total. The fraction of sp³-hybridized carbons (Fsp3) is 0.429. The maximum atomic E-state index is 12.7.